The van der Waals surface area contributed by atoms with Crippen molar-refractivity contribution in [2.24, 2.45) is 0 Å². The maximum Gasteiger partial charge on any atom is 0.119 e. The van der Waals surface area contributed by atoms with E-state index in [1.807, 2.05) is 30.3 Å². The molecule has 144 valence electrons. The zero-order valence-corrected chi connectivity index (χ0v) is 16.4. The second-order valence-electron chi connectivity index (χ2n) is 7.05. The van der Waals surface area contributed by atoms with Crippen LogP contribution in [0.25, 0.3) is 0 Å². The fraction of sp³-hybridized carbons (Fsp3) is 0.111. The van der Waals surface area contributed by atoms with Crippen molar-refractivity contribution < 1.29 is 4.74 Å². The van der Waals surface area contributed by atoms with E-state index in [0.29, 0.717) is 6.61 Å². The van der Waals surface area contributed by atoms with E-state index in [1.54, 1.807) is 0 Å². The molecule has 2 heteroatoms. The van der Waals surface area contributed by atoms with Crippen molar-refractivity contribution in [3.63, 3.8) is 0 Å². The lowest BCUT2D eigenvalue weighted by molar-refractivity contribution is 0.306. The molecule has 0 spiro atoms. The summed E-state index contributed by atoms with van der Waals surface area (Å²) in [6, 6.07) is 39.9. The Morgan fingerprint density at radius 1 is 0.552 bits per heavy atom. The van der Waals surface area contributed by atoms with Crippen LogP contribution in [0.1, 0.15) is 28.3 Å². The molecule has 0 unspecified atom stereocenters. The lowest BCUT2D eigenvalue weighted by atomic mass is 9.98. The lowest BCUT2D eigenvalue weighted by Crippen LogP contribution is -2.22. The van der Waals surface area contributed by atoms with Crippen molar-refractivity contribution in [3.05, 3.63) is 138 Å². The second-order valence-corrected chi connectivity index (χ2v) is 7.05. The first kappa shape index (κ1) is 19.0. The van der Waals surface area contributed by atoms with Crippen LogP contribution in [0.5, 0.6) is 5.75 Å². The number of benzene rings is 4. The molecule has 0 radical (unpaired) electrons. The SMILES string of the molecule is c1ccc(COc2ccc(CNC(c3ccccc3)c3ccccc3)cc2)cc1. The van der Waals surface area contributed by atoms with Gasteiger partial charge >= 0.3 is 0 Å². The Bertz CT molecular complexity index is 943. The molecule has 0 amide bonds. The average Bonchev–Trinajstić information content (AvgIpc) is 2.81. The van der Waals surface area contributed by atoms with E-state index in [0.717, 1.165) is 12.3 Å². The van der Waals surface area contributed by atoms with Gasteiger partial charge in [-0.05, 0) is 34.4 Å². The highest BCUT2D eigenvalue weighted by Gasteiger charge is 2.13. The molecule has 2 nitrogen and oxygen atoms in total. The number of nitrogens with one attached hydrogen (secondary N) is 1. The van der Waals surface area contributed by atoms with Gasteiger partial charge in [-0.2, -0.15) is 0 Å². The van der Waals surface area contributed by atoms with Crippen LogP contribution < -0.4 is 10.1 Å². The summed E-state index contributed by atoms with van der Waals surface area (Å²) in [6.07, 6.45) is 0. The molecule has 4 aromatic carbocycles. The summed E-state index contributed by atoms with van der Waals surface area (Å²) in [5, 5.41) is 3.71. The van der Waals surface area contributed by atoms with E-state index in [9.17, 15) is 0 Å². The van der Waals surface area contributed by atoms with Gasteiger partial charge in [0.25, 0.3) is 0 Å². The molecule has 0 bridgehead atoms. The normalized spacial score (nSPS) is 10.8. The number of rotatable bonds is 8. The molecule has 0 aliphatic rings. The van der Waals surface area contributed by atoms with Gasteiger partial charge in [0.15, 0.2) is 0 Å². The summed E-state index contributed by atoms with van der Waals surface area (Å²) in [7, 11) is 0. The van der Waals surface area contributed by atoms with E-state index < -0.39 is 0 Å². The van der Waals surface area contributed by atoms with Crippen LogP contribution in [0.4, 0.5) is 0 Å². The smallest absolute Gasteiger partial charge is 0.119 e. The van der Waals surface area contributed by atoms with Crippen LogP contribution in [-0.4, -0.2) is 0 Å². The highest BCUT2D eigenvalue weighted by molar-refractivity contribution is 5.33. The van der Waals surface area contributed by atoms with Gasteiger partial charge in [0.05, 0.1) is 6.04 Å². The van der Waals surface area contributed by atoms with Gasteiger partial charge in [0.1, 0.15) is 12.4 Å². The zero-order valence-electron chi connectivity index (χ0n) is 16.4. The van der Waals surface area contributed by atoms with Crippen LogP contribution in [0.15, 0.2) is 115 Å². The van der Waals surface area contributed by atoms with Crippen LogP contribution in [0.2, 0.25) is 0 Å². The van der Waals surface area contributed by atoms with Gasteiger partial charge in [-0.3, -0.25) is 0 Å². The van der Waals surface area contributed by atoms with Crippen molar-refractivity contribution in [1.29, 1.82) is 0 Å². The van der Waals surface area contributed by atoms with Crippen LogP contribution in [0.3, 0.4) is 0 Å². The quantitative estimate of drug-likeness (QED) is 0.397. The molecule has 4 aromatic rings. The minimum absolute atomic E-state index is 0.159. The minimum atomic E-state index is 0.159. The first-order chi connectivity index (χ1) is 14.4. The molecule has 0 aliphatic heterocycles. The molecule has 1 N–H and O–H groups in total. The highest BCUT2D eigenvalue weighted by atomic mass is 16.5. The summed E-state index contributed by atoms with van der Waals surface area (Å²) in [4.78, 5) is 0. The van der Waals surface area contributed by atoms with E-state index in [1.165, 1.54) is 22.3 Å². The predicted octanol–water partition coefficient (Wildman–Crippen LogP) is 6.14. The van der Waals surface area contributed by atoms with Gasteiger partial charge in [-0.25, -0.2) is 0 Å². The molecule has 0 fully saturated rings. The molecule has 0 aliphatic carbocycles. The highest BCUT2D eigenvalue weighted by Crippen LogP contribution is 2.23. The van der Waals surface area contributed by atoms with Gasteiger partial charge in [-0.1, -0.05) is 103 Å². The Balaban J connectivity index is 1.40. The third-order valence-electron chi connectivity index (χ3n) is 4.95. The monoisotopic (exact) mass is 379 g/mol. The second kappa shape index (κ2) is 9.72. The van der Waals surface area contributed by atoms with Gasteiger partial charge in [0.2, 0.25) is 0 Å². The molecule has 0 saturated carbocycles. The van der Waals surface area contributed by atoms with Gasteiger partial charge < -0.3 is 10.1 Å². The standard InChI is InChI=1S/C27H25NO/c1-4-10-23(11-5-1)21-29-26-18-16-22(17-19-26)20-28-27(24-12-6-2-7-13-24)25-14-8-3-9-15-25/h1-19,27-28H,20-21H2. The Labute approximate surface area is 172 Å². The molecule has 0 atom stereocenters. The van der Waals surface area contributed by atoms with Crippen molar-refractivity contribution in [1.82, 2.24) is 5.32 Å². The predicted molar refractivity (Wildman–Crippen MR) is 119 cm³/mol. The van der Waals surface area contributed by atoms with Crippen molar-refractivity contribution in [3.8, 4) is 5.75 Å². The average molecular weight is 380 g/mol. The fourth-order valence-corrected chi connectivity index (χ4v) is 3.38. The maximum absolute atomic E-state index is 5.89. The summed E-state index contributed by atoms with van der Waals surface area (Å²) in [5.41, 5.74) is 4.93. The number of hydrogen-bond acceptors (Lipinski definition) is 2. The van der Waals surface area contributed by atoms with Crippen molar-refractivity contribution in [2.45, 2.75) is 19.2 Å². The summed E-state index contributed by atoms with van der Waals surface area (Å²) in [5.74, 6) is 0.889. The Morgan fingerprint density at radius 2 is 1.07 bits per heavy atom. The first-order valence-corrected chi connectivity index (χ1v) is 9.97. The van der Waals surface area contributed by atoms with E-state index in [4.69, 9.17) is 4.74 Å². The van der Waals surface area contributed by atoms with Crippen LogP contribution in [-0.2, 0) is 13.2 Å². The molecule has 4 rings (SSSR count). The van der Waals surface area contributed by atoms with Crippen LogP contribution >= 0.6 is 0 Å². The van der Waals surface area contributed by atoms with E-state index in [-0.39, 0.29) is 6.04 Å². The first-order valence-electron chi connectivity index (χ1n) is 9.97. The maximum atomic E-state index is 5.89. The Kier molecular flexibility index (Phi) is 6.36. The van der Waals surface area contributed by atoms with Gasteiger partial charge in [-0.15, -0.1) is 0 Å². The minimum Gasteiger partial charge on any atom is -0.489 e. The summed E-state index contributed by atoms with van der Waals surface area (Å²) in [6.45, 7) is 1.37. The Morgan fingerprint density at radius 3 is 1.62 bits per heavy atom. The summed E-state index contributed by atoms with van der Waals surface area (Å²) >= 11 is 0. The largest absolute Gasteiger partial charge is 0.489 e. The van der Waals surface area contributed by atoms with Crippen molar-refractivity contribution >= 4 is 0 Å². The van der Waals surface area contributed by atoms with E-state index >= 15 is 0 Å². The molecular formula is C27H25NO. The fourth-order valence-electron chi connectivity index (χ4n) is 3.38. The lowest BCUT2D eigenvalue weighted by Gasteiger charge is -2.20. The molecule has 0 heterocycles. The molecule has 0 saturated heterocycles. The van der Waals surface area contributed by atoms with Gasteiger partial charge in [0, 0.05) is 6.54 Å². The molecular weight excluding hydrogens is 354 g/mol. The third-order valence-corrected chi connectivity index (χ3v) is 4.95. The van der Waals surface area contributed by atoms with Crippen molar-refractivity contribution in [2.75, 3.05) is 0 Å². The zero-order chi connectivity index (χ0) is 19.7. The van der Waals surface area contributed by atoms with E-state index in [2.05, 4.69) is 90.2 Å². The topological polar surface area (TPSA) is 21.3 Å². The Hall–Kier alpha value is -3.36. The number of hydrogen-bond donors (Lipinski definition) is 1. The van der Waals surface area contributed by atoms with Crippen LogP contribution in [0, 0.1) is 0 Å². The number of ether oxygens (including phenoxy) is 1. The molecule has 0 aromatic heterocycles. The third kappa shape index (κ3) is 5.34. The summed E-state index contributed by atoms with van der Waals surface area (Å²) < 4.78 is 5.89. The molecule has 29 heavy (non-hydrogen) atoms.